The molecule has 0 bridgehead atoms. The number of piperidine rings is 1. The van der Waals surface area contributed by atoms with Gasteiger partial charge >= 0.3 is 0 Å². The highest BCUT2D eigenvalue weighted by atomic mass is 35.5. The standard InChI is InChI=1S/C20H32ClFN4O/c1-3-23-20(24-10-7-16-5-6-17(22)15-19(16)21)25-18-8-12-26(13-9-18)11-4-14-27-2/h5-6,15,18H,3-4,7-14H2,1-2H3,(H2,23,24,25). The molecule has 1 aliphatic heterocycles. The van der Waals surface area contributed by atoms with Crippen LogP contribution in [-0.4, -0.2) is 63.3 Å². The molecule has 0 saturated carbocycles. The summed E-state index contributed by atoms with van der Waals surface area (Å²) < 4.78 is 18.3. The maximum Gasteiger partial charge on any atom is 0.191 e. The van der Waals surface area contributed by atoms with E-state index in [1.807, 2.05) is 0 Å². The van der Waals surface area contributed by atoms with E-state index < -0.39 is 0 Å². The highest BCUT2D eigenvalue weighted by Gasteiger charge is 2.19. The number of nitrogens with zero attached hydrogens (tertiary/aromatic N) is 2. The van der Waals surface area contributed by atoms with Crippen LogP contribution in [0.3, 0.4) is 0 Å². The predicted molar refractivity (Wildman–Crippen MR) is 110 cm³/mol. The molecule has 1 fully saturated rings. The third-order valence-corrected chi connectivity index (χ3v) is 5.11. The van der Waals surface area contributed by atoms with E-state index in [4.69, 9.17) is 16.3 Å². The Morgan fingerprint density at radius 3 is 2.81 bits per heavy atom. The quantitative estimate of drug-likeness (QED) is 0.381. The average molecular weight is 399 g/mol. The summed E-state index contributed by atoms with van der Waals surface area (Å²) in [7, 11) is 1.75. The zero-order valence-electron chi connectivity index (χ0n) is 16.4. The molecule has 2 N–H and O–H groups in total. The van der Waals surface area contributed by atoms with Gasteiger partial charge in [-0.1, -0.05) is 17.7 Å². The van der Waals surface area contributed by atoms with Crippen molar-refractivity contribution in [1.82, 2.24) is 15.5 Å². The number of hydrogen-bond acceptors (Lipinski definition) is 3. The van der Waals surface area contributed by atoms with Crippen molar-refractivity contribution >= 4 is 17.6 Å². The minimum absolute atomic E-state index is 0.309. The van der Waals surface area contributed by atoms with Gasteiger partial charge in [-0.05, 0) is 50.3 Å². The Hall–Kier alpha value is -1.37. The summed E-state index contributed by atoms with van der Waals surface area (Å²) in [6.07, 6.45) is 4.00. The summed E-state index contributed by atoms with van der Waals surface area (Å²) in [5.41, 5.74) is 0.919. The Morgan fingerprint density at radius 1 is 1.37 bits per heavy atom. The van der Waals surface area contributed by atoms with E-state index in [0.717, 1.165) is 63.6 Å². The van der Waals surface area contributed by atoms with Gasteiger partial charge in [0.1, 0.15) is 5.82 Å². The lowest BCUT2D eigenvalue weighted by Crippen LogP contribution is -2.49. The van der Waals surface area contributed by atoms with Crippen LogP contribution in [0.15, 0.2) is 23.2 Å². The molecular formula is C20H32ClFN4O. The fourth-order valence-electron chi connectivity index (χ4n) is 3.26. The van der Waals surface area contributed by atoms with E-state index in [1.165, 1.54) is 12.1 Å². The lowest BCUT2D eigenvalue weighted by molar-refractivity contribution is 0.155. The molecule has 0 aromatic heterocycles. The van der Waals surface area contributed by atoms with Crippen LogP contribution >= 0.6 is 11.6 Å². The Bertz CT molecular complexity index is 591. The first-order chi connectivity index (χ1) is 13.1. The molecule has 27 heavy (non-hydrogen) atoms. The number of benzene rings is 1. The molecule has 1 saturated heterocycles. The van der Waals surface area contributed by atoms with Gasteiger partial charge in [-0.2, -0.15) is 0 Å². The van der Waals surface area contributed by atoms with E-state index in [1.54, 1.807) is 13.2 Å². The monoisotopic (exact) mass is 398 g/mol. The second kappa shape index (κ2) is 12.2. The number of guanidine groups is 1. The molecule has 0 spiro atoms. The topological polar surface area (TPSA) is 48.9 Å². The van der Waals surface area contributed by atoms with Crippen LogP contribution in [0.2, 0.25) is 5.02 Å². The van der Waals surface area contributed by atoms with Crippen molar-refractivity contribution < 1.29 is 9.13 Å². The molecule has 7 heteroatoms. The number of aliphatic imine (C=N–C) groups is 1. The van der Waals surface area contributed by atoms with Crippen molar-refractivity contribution in [3.63, 3.8) is 0 Å². The Kier molecular flexibility index (Phi) is 9.87. The molecule has 0 amide bonds. The maximum atomic E-state index is 13.1. The zero-order valence-corrected chi connectivity index (χ0v) is 17.2. The Labute approximate surface area is 167 Å². The Balaban J connectivity index is 1.78. The van der Waals surface area contributed by atoms with Gasteiger partial charge in [0, 0.05) is 57.5 Å². The van der Waals surface area contributed by atoms with E-state index in [9.17, 15) is 4.39 Å². The zero-order chi connectivity index (χ0) is 19.5. The van der Waals surface area contributed by atoms with Crippen molar-refractivity contribution in [3.8, 4) is 0 Å². The number of halogens is 2. The van der Waals surface area contributed by atoms with Crippen LogP contribution in [-0.2, 0) is 11.2 Å². The summed E-state index contributed by atoms with van der Waals surface area (Å²) in [5, 5.41) is 7.32. The van der Waals surface area contributed by atoms with Crippen LogP contribution in [0.4, 0.5) is 4.39 Å². The van der Waals surface area contributed by atoms with Gasteiger partial charge in [0.2, 0.25) is 0 Å². The van der Waals surface area contributed by atoms with Gasteiger partial charge in [-0.25, -0.2) is 4.39 Å². The second-order valence-corrected chi connectivity index (χ2v) is 7.26. The molecule has 0 atom stereocenters. The number of likely N-dealkylation sites (tertiary alicyclic amines) is 1. The van der Waals surface area contributed by atoms with Gasteiger partial charge in [-0.3, -0.25) is 4.99 Å². The Morgan fingerprint density at radius 2 is 2.15 bits per heavy atom. The largest absolute Gasteiger partial charge is 0.385 e. The molecule has 2 rings (SSSR count). The van der Waals surface area contributed by atoms with Crippen LogP contribution < -0.4 is 10.6 Å². The lowest BCUT2D eigenvalue weighted by atomic mass is 10.1. The van der Waals surface area contributed by atoms with Crippen molar-refractivity contribution in [2.24, 2.45) is 4.99 Å². The third kappa shape index (κ3) is 8.03. The van der Waals surface area contributed by atoms with Gasteiger partial charge in [0.25, 0.3) is 0 Å². The van der Waals surface area contributed by atoms with Crippen molar-refractivity contribution in [2.45, 2.75) is 38.6 Å². The highest BCUT2D eigenvalue weighted by Crippen LogP contribution is 2.17. The molecule has 5 nitrogen and oxygen atoms in total. The van der Waals surface area contributed by atoms with Crippen LogP contribution in [0.1, 0.15) is 31.7 Å². The average Bonchev–Trinajstić information content (AvgIpc) is 2.65. The van der Waals surface area contributed by atoms with Gasteiger partial charge in [0.05, 0.1) is 0 Å². The van der Waals surface area contributed by atoms with E-state index in [-0.39, 0.29) is 5.82 Å². The molecule has 1 aliphatic rings. The van der Waals surface area contributed by atoms with Crippen LogP contribution in [0.25, 0.3) is 0 Å². The molecule has 0 aliphatic carbocycles. The van der Waals surface area contributed by atoms with Gasteiger partial charge in [0.15, 0.2) is 5.96 Å². The summed E-state index contributed by atoms with van der Waals surface area (Å²) in [6.45, 7) is 7.63. The van der Waals surface area contributed by atoms with Crippen molar-refractivity contribution in [2.75, 3.05) is 46.4 Å². The van der Waals surface area contributed by atoms with Crippen molar-refractivity contribution in [1.29, 1.82) is 0 Å². The fourth-order valence-corrected chi connectivity index (χ4v) is 3.52. The molecule has 0 unspecified atom stereocenters. The SMILES string of the molecule is CCNC(=NCCc1ccc(F)cc1Cl)NC1CCN(CCCOC)CC1. The summed E-state index contributed by atoms with van der Waals surface area (Å²) in [4.78, 5) is 7.16. The number of nitrogens with one attached hydrogen (secondary N) is 2. The lowest BCUT2D eigenvalue weighted by Gasteiger charge is -2.33. The fraction of sp³-hybridized carbons (Fsp3) is 0.650. The summed E-state index contributed by atoms with van der Waals surface area (Å²) in [6, 6.07) is 4.96. The second-order valence-electron chi connectivity index (χ2n) is 6.85. The van der Waals surface area contributed by atoms with E-state index in [2.05, 4.69) is 27.4 Å². The highest BCUT2D eigenvalue weighted by molar-refractivity contribution is 6.31. The minimum Gasteiger partial charge on any atom is -0.385 e. The smallest absolute Gasteiger partial charge is 0.191 e. The maximum absolute atomic E-state index is 13.1. The molecular weight excluding hydrogens is 367 g/mol. The van der Waals surface area contributed by atoms with Gasteiger partial charge < -0.3 is 20.3 Å². The normalized spacial score (nSPS) is 16.5. The molecule has 0 radical (unpaired) electrons. The molecule has 1 aromatic carbocycles. The first-order valence-electron chi connectivity index (χ1n) is 9.82. The van der Waals surface area contributed by atoms with E-state index in [0.29, 0.717) is 24.0 Å². The van der Waals surface area contributed by atoms with Crippen LogP contribution in [0, 0.1) is 5.82 Å². The number of hydrogen-bond donors (Lipinski definition) is 2. The van der Waals surface area contributed by atoms with Crippen molar-refractivity contribution in [3.05, 3.63) is 34.6 Å². The molecule has 1 aromatic rings. The third-order valence-electron chi connectivity index (χ3n) is 4.76. The number of methoxy groups -OCH3 is 1. The van der Waals surface area contributed by atoms with E-state index >= 15 is 0 Å². The first kappa shape index (κ1) is 21.9. The molecule has 1 heterocycles. The number of rotatable bonds is 9. The number of ether oxygens (including phenoxy) is 1. The molecule has 152 valence electrons. The minimum atomic E-state index is -0.309. The first-order valence-corrected chi connectivity index (χ1v) is 10.2. The summed E-state index contributed by atoms with van der Waals surface area (Å²) in [5.74, 6) is 0.532. The van der Waals surface area contributed by atoms with Crippen LogP contribution in [0.5, 0.6) is 0 Å². The van der Waals surface area contributed by atoms with Gasteiger partial charge in [-0.15, -0.1) is 0 Å². The predicted octanol–water partition coefficient (Wildman–Crippen LogP) is 3.08. The summed E-state index contributed by atoms with van der Waals surface area (Å²) >= 11 is 6.09.